The van der Waals surface area contributed by atoms with Gasteiger partial charge in [0.1, 0.15) is 0 Å². The zero-order valence-electron chi connectivity index (χ0n) is 10.2. The van der Waals surface area contributed by atoms with Crippen LogP contribution in [0.25, 0.3) is 0 Å². The normalized spacial score (nSPS) is 11.4. The van der Waals surface area contributed by atoms with E-state index in [4.69, 9.17) is 11.2 Å². The molecule has 0 spiro atoms. The third-order valence-electron chi connectivity index (χ3n) is 2.22. The van der Waals surface area contributed by atoms with Crippen molar-refractivity contribution in [3.8, 4) is 12.3 Å². The maximum Gasteiger partial charge on any atom is 0.307 e. The largest absolute Gasteiger partial charge is 0.466 e. The van der Waals surface area contributed by atoms with E-state index in [1.165, 1.54) is 0 Å². The number of terminal acetylenes is 1. The van der Waals surface area contributed by atoms with Crippen LogP contribution < -0.4 is 5.32 Å². The van der Waals surface area contributed by atoms with Crippen molar-refractivity contribution in [1.82, 2.24) is 0 Å². The predicted molar refractivity (Wildman–Crippen MR) is 68.7 cm³/mol. The molecule has 1 rings (SSSR count). The maximum atomic E-state index is 11.3. The molecule has 0 amide bonds. The molecule has 17 heavy (non-hydrogen) atoms. The summed E-state index contributed by atoms with van der Waals surface area (Å²) < 4.78 is 4.88. The molecule has 3 heteroatoms. The molecular formula is C14H17NO2. The number of hydrogen-bond acceptors (Lipinski definition) is 3. The van der Waals surface area contributed by atoms with Crippen LogP contribution in [0.1, 0.15) is 25.8 Å². The summed E-state index contributed by atoms with van der Waals surface area (Å²) in [5.74, 6) is 2.38. The van der Waals surface area contributed by atoms with E-state index in [0.29, 0.717) is 13.0 Å². The molecule has 1 unspecified atom stereocenters. The van der Waals surface area contributed by atoms with Gasteiger partial charge in [-0.3, -0.25) is 4.79 Å². The van der Waals surface area contributed by atoms with Gasteiger partial charge >= 0.3 is 5.97 Å². The summed E-state index contributed by atoms with van der Waals surface area (Å²) in [7, 11) is 0. The molecule has 90 valence electrons. The first-order valence-electron chi connectivity index (χ1n) is 5.64. The minimum atomic E-state index is -0.194. The summed E-state index contributed by atoms with van der Waals surface area (Å²) >= 11 is 0. The maximum absolute atomic E-state index is 11.3. The number of rotatable bonds is 5. The molecule has 0 aliphatic carbocycles. The molecule has 0 radical (unpaired) electrons. The van der Waals surface area contributed by atoms with Gasteiger partial charge in [-0.25, -0.2) is 0 Å². The van der Waals surface area contributed by atoms with Crippen molar-refractivity contribution in [2.24, 2.45) is 0 Å². The van der Waals surface area contributed by atoms with E-state index in [-0.39, 0.29) is 12.0 Å². The molecule has 1 aromatic carbocycles. The Balaban J connectivity index is 2.53. The summed E-state index contributed by atoms with van der Waals surface area (Å²) in [6.07, 6.45) is 5.66. The van der Waals surface area contributed by atoms with E-state index in [1.54, 1.807) is 6.92 Å². The first-order valence-corrected chi connectivity index (χ1v) is 5.64. The van der Waals surface area contributed by atoms with Gasteiger partial charge in [-0.2, -0.15) is 0 Å². The Hall–Kier alpha value is -1.95. The Kier molecular flexibility index (Phi) is 5.09. The van der Waals surface area contributed by atoms with Crippen LogP contribution in [0.4, 0.5) is 5.69 Å². The SMILES string of the molecule is C#Cc1cccc(NC(C)CC(=O)OCC)c1. The molecule has 0 heterocycles. The molecule has 0 aromatic heterocycles. The molecule has 1 N–H and O–H groups in total. The first kappa shape index (κ1) is 13.1. The summed E-state index contributed by atoms with van der Waals surface area (Å²) in [6, 6.07) is 7.56. The number of carbonyl (C=O) groups is 1. The van der Waals surface area contributed by atoms with Gasteiger partial charge in [0.25, 0.3) is 0 Å². The minimum absolute atomic E-state index is 0.0158. The predicted octanol–water partition coefficient (Wildman–Crippen LogP) is 2.42. The van der Waals surface area contributed by atoms with E-state index >= 15 is 0 Å². The van der Waals surface area contributed by atoms with Crippen molar-refractivity contribution in [3.63, 3.8) is 0 Å². The van der Waals surface area contributed by atoms with Crippen LogP contribution in [0.5, 0.6) is 0 Å². The van der Waals surface area contributed by atoms with Crippen molar-refractivity contribution in [2.45, 2.75) is 26.3 Å². The Morgan fingerprint density at radius 2 is 2.35 bits per heavy atom. The van der Waals surface area contributed by atoms with Gasteiger partial charge in [0, 0.05) is 17.3 Å². The zero-order chi connectivity index (χ0) is 12.7. The highest BCUT2D eigenvalue weighted by atomic mass is 16.5. The fourth-order valence-corrected chi connectivity index (χ4v) is 1.50. The third-order valence-corrected chi connectivity index (χ3v) is 2.22. The standard InChI is InChI=1S/C14H17NO2/c1-4-12-7-6-8-13(10-12)15-11(3)9-14(16)17-5-2/h1,6-8,10-11,15H,5,9H2,2-3H3. The first-order chi connectivity index (χ1) is 8.15. The highest BCUT2D eigenvalue weighted by Crippen LogP contribution is 2.12. The van der Waals surface area contributed by atoms with Crippen LogP contribution in [0.3, 0.4) is 0 Å². The Labute approximate surface area is 102 Å². The summed E-state index contributed by atoms with van der Waals surface area (Å²) in [5.41, 5.74) is 1.73. The monoisotopic (exact) mass is 231 g/mol. The van der Waals surface area contributed by atoms with Crippen molar-refractivity contribution in [1.29, 1.82) is 0 Å². The number of anilines is 1. The second kappa shape index (κ2) is 6.59. The van der Waals surface area contributed by atoms with Crippen LogP contribution in [0.15, 0.2) is 24.3 Å². The number of hydrogen-bond donors (Lipinski definition) is 1. The average molecular weight is 231 g/mol. The van der Waals surface area contributed by atoms with Crippen molar-refractivity contribution in [2.75, 3.05) is 11.9 Å². The van der Waals surface area contributed by atoms with E-state index in [9.17, 15) is 4.79 Å². The van der Waals surface area contributed by atoms with Crippen LogP contribution in [0, 0.1) is 12.3 Å². The van der Waals surface area contributed by atoms with Gasteiger partial charge in [0.05, 0.1) is 13.0 Å². The number of carbonyl (C=O) groups excluding carboxylic acids is 1. The number of benzene rings is 1. The van der Waals surface area contributed by atoms with E-state index < -0.39 is 0 Å². The van der Waals surface area contributed by atoms with Crippen molar-refractivity contribution in [3.05, 3.63) is 29.8 Å². The van der Waals surface area contributed by atoms with Gasteiger partial charge in [0.15, 0.2) is 0 Å². The van der Waals surface area contributed by atoms with E-state index in [1.807, 2.05) is 31.2 Å². The Morgan fingerprint density at radius 3 is 3.00 bits per heavy atom. The molecule has 0 aliphatic heterocycles. The Morgan fingerprint density at radius 1 is 1.59 bits per heavy atom. The number of ether oxygens (including phenoxy) is 1. The molecule has 1 atom stereocenters. The fourth-order valence-electron chi connectivity index (χ4n) is 1.50. The zero-order valence-corrected chi connectivity index (χ0v) is 10.2. The van der Waals surface area contributed by atoms with E-state index in [0.717, 1.165) is 11.3 Å². The summed E-state index contributed by atoms with van der Waals surface area (Å²) in [6.45, 7) is 4.14. The lowest BCUT2D eigenvalue weighted by molar-refractivity contribution is -0.143. The van der Waals surface area contributed by atoms with Crippen LogP contribution in [-0.4, -0.2) is 18.6 Å². The number of nitrogens with one attached hydrogen (secondary N) is 1. The smallest absolute Gasteiger partial charge is 0.307 e. The van der Waals surface area contributed by atoms with Gasteiger partial charge in [-0.15, -0.1) is 6.42 Å². The third kappa shape index (κ3) is 4.60. The summed E-state index contributed by atoms with van der Waals surface area (Å²) in [4.78, 5) is 11.3. The molecule has 0 aliphatic rings. The second-order valence-corrected chi connectivity index (χ2v) is 3.78. The molecule has 0 saturated carbocycles. The lowest BCUT2D eigenvalue weighted by Crippen LogP contribution is -2.21. The quantitative estimate of drug-likeness (QED) is 0.624. The highest BCUT2D eigenvalue weighted by molar-refractivity contribution is 5.70. The number of esters is 1. The van der Waals surface area contributed by atoms with Crippen LogP contribution >= 0.6 is 0 Å². The average Bonchev–Trinajstić information content (AvgIpc) is 2.29. The molecule has 0 bridgehead atoms. The Bertz CT molecular complexity index is 420. The van der Waals surface area contributed by atoms with Gasteiger partial charge in [-0.05, 0) is 32.0 Å². The van der Waals surface area contributed by atoms with Crippen molar-refractivity contribution < 1.29 is 9.53 Å². The van der Waals surface area contributed by atoms with Crippen LogP contribution in [-0.2, 0) is 9.53 Å². The highest BCUT2D eigenvalue weighted by Gasteiger charge is 2.09. The van der Waals surface area contributed by atoms with Gasteiger partial charge < -0.3 is 10.1 Å². The molecule has 0 saturated heterocycles. The molecule has 0 fully saturated rings. The van der Waals surface area contributed by atoms with E-state index in [2.05, 4.69) is 11.2 Å². The fraction of sp³-hybridized carbons (Fsp3) is 0.357. The lowest BCUT2D eigenvalue weighted by atomic mass is 10.2. The molecule has 3 nitrogen and oxygen atoms in total. The topological polar surface area (TPSA) is 38.3 Å². The van der Waals surface area contributed by atoms with Crippen molar-refractivity contribution >= 4 is 11.7 Å². The summed E-state index contributed by atoms with van der Waals surface area (Å²) in [5, 5.41) is 3.21. The van der Waals surface area contributed by atoms with Gasteiger partial charge in [-0.1, -0.05) is 12.0 Å². The van der Waals surface area contributed by atoms with Gasteiger partial charge in [0.2, 0.25) is 0 Å². The van der Waals surface area contributed by atoms with Crippen LogP contribution in [0.2, 0.25) is 0 Å². The second-order valence-electron chi connectivity index (χ2n) is 3.78. The minimum Gasteiger partial charge on any atom is -0.466 e. The molecule has 1 aromatic rings. The lowest BCUT2D eigenvalue weighted by Gasteiger charge is -2.14. The molecular weight excluding hydrogens is 214 g/mol.